The van der Waals surface area contributed by atoms with Crippen LogP contribution in [0.1, 0.15) is 17.3 Å². The second kappa shape index (κ2) is 5.32. The number of benzene rings is 1. The second-order valence-electron chi connectivity index (χ2n) is 3.11. The smallest absolute Gasteiger partial charge is 0.337 e. The lowest BCUT2D eigenvalue weighted by Crippen LogP contribution is -2.20. The number of amides is 1. The summed E-state index contributed by atoms with van der Waals surface area (Å²) in [5.74, 6) is -1.38. The molecule has 0 aliphatic heterocycles. The van der Waals surface area contributed by atoms with E-state index in [1.807, 2.05) is 0 Å². The van der Waals surface area contributed by atoms with E-state index < -0.39 is 5.97 Å². The van der Waals surface area contributed by atoms with Crippen molar-refractivity contribution in [2.75, 3.05) is 5.32 Å². The first-order chi connectivity index (χ1) is 7.41. The predicted octanol–water partition coefficient (Wildman–Crippen LogP) is 2.76. The zero-order valence-electron chi connectivity index (χ0n) is 8.33. The van der Waals surface area contributed by atoms with Crippen molar-refractivity contribution in [3.05, 3.63) is 28.8 Å². The average Bonchev–Trinajstić information content (AvgIpc) is 2.20. The lowest BCUT2D eigenvalue weighted by atomic mass is 10.2. The molecule has 6 heteroatoms. The molecule has 0 aromatic heterocycles. The first kappa shape index (κ1) is 13.0. The number of carbonyl (C=O) groups excluding carboxylic acids is 1. The zero-order chi connectivity index (χ0) is 12.3. The molecule has 1 atom stereocenters. The molecule has 0 spiro atoms. The summed E-state index contributed by atoms with van der Waals surface area (Å²) in [6, 6.07) is 4.29. The van der Waals surface area contributed by atoms with Crippen molar-refractivity contribution in [1.82, 2.24) is 0 Å². The minimum atomic E-state index is -1.13. The lowest BCUT2D eigenvalue weighted by molar-refractivity contribution is -0.115. The van der Waals surface area contributed by atoms with Gasteiger partial charge in [-0.2, -0.15) is 0 Å². The van der Waals surface area contributed by atoms with Gasteiger partial charge in [0.25, 0.3) is 0 Å². The van der Waals surface area contributed by atoms with Crippen LogP contribution in [0.2, 0.25) is 5.02 Å². The second-order valence-corrected chi connectivity index (χ2v) is 4.89. The summed E-state index contributed by atoms with van der Waals surface area (Å²) in [4.78, 5) is 21.8. The molecule has 1 amide bonds. The van der Waals surface area contributed by atoms with Gasteiger partial charge >= 0.3 is 5.97 Å². The van der Waals surface area contributed by atoms with E-state index in [0.717, 1.165) is 0 Å². The quantitative estimate of drug-likeness (QED) is 0.844. The minimum Gasteiger partial charge on any atom is -0.478 e. The number of nitrogens with one attached hydrogen (secondary N) is 1. The molecule has 1 rings (SSSR count). The Labute approximate surface area is 106 Å². The Bertz CT molecular complexity index is 434. The summed E-state index contributed by atoms with van der Waals surface area (Å²) >= 11 is 8.79. The number of carboxylic acids is 1. The number of alkyl halides is 1. The fraction of sp³-hybridized carbons (Fsp3) is 0.200. The number of rotatable bonds is 3. The Hall–Kier alpha value is -1.07. The van der Waals surface area contributed by atoms with Crippen LogP contribution in [0.5, 0.6) is 0 Å². The van der Waals surface area contributed by atoms with Gasteiger partial charge in [-0.25, -0.2) is 4.79 Å². The van der Waals surface area contributed by atoms with E-state index in [9.17, 15) is 9.59 Å². The first-order valence-electron chi connectivity index (χ1n) is 4.39. The third-order valence-corrected chi connectivity index (χ3v) is 2.57. The SMILES string of the molecule is CC(Br)C(=O)Nc1ccc(Cl)c(C(=O)O)c1. The van der Waals surface area contributed by atoms with Crippen LogP contribution in [-0.4, -0.2) is 21.8 Å². The highest BCUT2D eigenvalue weighted by Crippen LogP contribution is 2.21. The number of hydrogen-bond donors (Lipinski definition) is 2. The summed E-state index contributed by atoms with van der Waals surface area (Å²) in [5, 5.41) is 11.5. The van der Waals surface area contributed by atoms with E-state index in [0.29, 0.717) is 5.69 Å². The number of carboxylic acid groups (broad SMARTS) is 1. The van der Waals surface area contributed by atoms with Crippen LogP contribution in [0.4, 0.5) is 5.69 Å². The third-order valence-electron chi connectivity index (χ3n) is 1.83. The molecule has 1 aromatic carbocycles. The first-order valence-corrected chi connectivity index (χ1v) is 5.69. The molecule has 0 bridgehead atoms. The molecule has 1 aromatic rings. The van der Waals surface area contributed by atoms with E-state index in [-0.39, 0.29) is 21.3 Å². The van der Waals surface area contributed by atoms with E-state index in [1.165, 1.54) is 12.1 Å². The molecule has 0 aliphatic carbocycles. The number of anilines is 1. The maximum absolute atomic E-state index is 11.3. The van der Waals surface area contributed by atoms with Crippen molar-refractivity contribution >= 4 is 45.1 Å². The zero-order valence-corrected chi connectivity index (χ0v) is 10.7. The van der Waals surface area contributed by atoms with Crippen molar-refractivity contribution < 1.29 is 14.7 Å². The van der Waals surface area contributed by atoms with E-state index in [1.54, 1.807) is 13.0 Å². The van der Waals surface area contributed by atoms with Crippen LogP contribution in [0.3, 0.4) is 0 Å². The summed E-state index contributed by atoms with van der Waals surface area (Å²) < 4.78 is 0. The highest BCUT2D eigenvalue weighted by Gasteiger charge is 2.12. The average molecular weight is 307 g/mol. The van der Waals surface area contributed by atoms with Crippen molar-refractivity contribution in [2.45, 2.75) is 11.8 Å². The summed E-state index contributed by atoms with van der Waals surface area (Å²) in [7, 11) is 0. The predicted molar refractivity (Wildman–Crippen MR) is 65.4 cm³/mol. The van der Waals surface area contributed by atoms with Crippen molar-refractivity contribution in [3.63, 3.8) is 0 Å². The molecule has 0 saturated heterocycles. The van der Waals surface area contributed by atoms with Crippen LogP contribution in [0.15, 0.2) is 18.2 Å². The molecule has 0 aliphatic rings. The molecule has 0 saturated carbocycles. The van der Waals surface area contributed by atoms with Crippen molar-refractivity contribution in [1.29, 1.82) is 0 Å². The topological polar surface area (TPSA) is 66.4 Å². The van der Waals surface area contributed by atoms with E-state index in [4.69, 9.17) is 16.7 Å². The van der Waals surface area contributed by atoms with Gasteiger partial charge < -0.3 is 10.4 Å². The highest BCUT2D eigenvalue weighted by atomic mass is 79.9. The molecular weight excluding hydrogens is 297 g/mol. The number of halogens is 2. The molecule has 0 heterocycles. The van der Waals surface area contributed by atoms with Crippen LogP contribution in [0.25, 0.3) is 0 Å². The number of hydrogen-bond acceptors (Lipinski definition) is 2. The van der Waals surface area contributed by atoms with Crippen molar-refractivity contribution in [2.24, 2.45) is 0 Å². The Morgan fingerprint density at radius 1 is 1.50 bits per heavy atom. The number of carbonyl (C=O) groups is 2. The summed E-state index contributed by atoms with van der Waals surface area (Å²) in [5.41, 5.74) is 0.361. The Kier molecular flexibility index (Phi) is 4.32. The molecule has 0 fully saturated rings. The Morgan fingerprint density at radius 3 is 2.62 bits per heavy atom. The molecule has 2 N–H and O–H groups in total. The Morgan fingerprint density at radius 2 is 2.12 bits per heavy atom. The molecular formula is C10H9BrClNO3. The van der Waals surface area contributed by atoms with Gasteiger partial charge in [0.1, 0.15) is 0 Å². The normalized spacial score (nSPS) is 11.9. The van der Waals surface area contributed by atoms with Gasteiger partial charge in [0.2, 0.25) is 5.91 Å². The fourth-order valence-corrected chi connectivity index (χ4v) is 1.32. The molecule has 1 unspecified atom stereocenters. The molecule has 4 nitrogen and oxygen atoms in total. The fourth-order valence-electron chi connectivity index (χ4n) is 1.01. The number of aromatic carboxylic acids is 1. The van der Waals surface area contributed by atoms with E-state index in [2.05, 4.69) is 21.2 Å². The van der Waals surface area contributed by atoms with Gasteiger partial charge in [0.15, 0.2) is 0 Å². The van der Waals surface area contributed by atoms with Gasteiger partial charge in [-0.15, -0.1) is 0 Å². The largest absolute Gasteiger partial charge is 0.478 e. The maximum atomic E-state index is 11.3. The summed E-state index contributed by atoms with van der Waals surface area (Å²) in [6.45, 7) is 1.67. The van der Waals surface area contributed by atoms with Crippen molar-refractivity contribution in [3.8, 4) is 0 Å². The van der Waals surface area contributed by atoms with Crippen LogP contribution < -0.4 is 5.32 Å². The van der Waals surface area contributed by atoms with Crippen LogP contribution in [-0.2, 0) is 4.79 Å². The van der Waals surface area contributed by atoms with Gasteiger partial charge in [-0.05, 0) is 25.1 Å². The molecule has 86 valence electrons. The van der Waals surface area contributed by atoms with Gasteiger partial charge in [-0.1, -0.05) is 27.5 Å². The van der Waals surface area contributed by atoms with Gasteiger partial charge in [-0.3, -0.25) is 4.79 Å². The Balaban J connectivity index is 2.95. The van der Waals surface area contributed by atoms with Crippen LogP contribution >= 0.6 is 27.5 Å². The van der Waals surface area contributed by atoms with Gasteiger partial charge in [0.05, 0.1) is 15.4 Å². The molecule has 0 radical (unpaired) electrons. The highest BCUT2D eigenvalue weighted by molar-refractivity contribution is 9.10. The van der Waals surface area contributed by atoms with E-state index >= 15 is 0 Å². The maximum Gasteiger partial charge on any atom is 0.337 e. The third kappa shape index (κ3) is 3.21. The monoisotopic (exact) mass is 305 g/mol. The lowest BCUT2D eigenvalue weighted by Gasteiger charge is -2.08. The van der Waals surface area contributed by atoms with Gasteiger partial charge in [0, 0.05) is 5.69 Å². The molecule has 16 heavy (non-hydrogen) atoms. The van der Waals surface area contributed by atoms with Crippen LogP contribution in [0, 0.1) is 0 Å². The summed E-state index contributed by atoms with van der Waals surface area (Å²) in [6.07, 6.45) is 0. The standard InChI is InChI=1S/C10H9BrClNO3/c1-5(11)9(14)13-6-2-3-8(12)7(4-6)10(15)16/h2-5H,1H3,(H,13,14)(H,15,16). The minimum absolute atomic E-state index is 0.0401.